The van der Waals surface area contributed by atoms with Crippen molar-refractivity contribution in [2.45, 2.75) is 51.3 Å². The average molecular weight is 268 g/mol. The summed E-state index contributed by atoms with van der Waals surface area (Å²) in [4.78, 5) is 0. The lowest BCUT2D eigenvalue weighted by Gasteiger charge is -2.25. The lowest BCUT2D eigenvalue weighted by molar-refractivity contribution is 0.370. The van der Waals surface area contributed by atoms with Gasteiger partial charge in [-0.05, 0) is 32.1 Å². The molecule has 0 heterocycles. The molecule has 5 heteroatoms. The highest BCUT2D eigenvalue weighted by molar-refractivity contribution is 7.89. The van der Waals surface area contributed by atoms with Gasteiger partial charge in [-0.15, -0.1) is 11.6 Å². The summed E-state index contributed by atoms with van der Waals surface area (Å²) in [6.07, 6.45) is 2.93. The molecule has 1 unspecified atom stereocenters. The molecule has 0 aliphatic heterocycles. The minimum atomic E-state index is -3.18. The first-order valence-electron chi connectivity index (χ1n) is 5.96. The maximum absolute atomic E-state index is 12.2. The van der Waals surface area contributed by atoms with E-state index in [0.717, 1.165) is 19.3 Å². The summed E-state index contributed by atoms with van der Waals surface area (Å²) in [7, 11) is -3.18. The van der Waals surface area contributed by atoms with Gasteiger partial charge in [0.25, 0.3) is 0 Å². The molecule has 3 nitrogen and oxygen atoms in total. The minimum absolute atomic E-state index is 0.174. The van der Waals surface area contributed by atoms with E-state index in [1.165, 1.54) is 0 Å². The fourth-order valence-electron chi connectivity index (χ4n) is 1.58. The highest BCUT2D eigenvalue weighted by Gasteiger charge is 2.39. The molecule has 0 radical (unpaired) electrons. The summed E-state index contributed by atoms with van der Waals surface area (Å²) < 4.78 is 26.1. The number of rotatable bonds is 7. The van der Waals surface area contributed by atoms with Crippen LogP contribution in [0.1, 0.15) is 40.0 Å². The van der Waals surface area contributed by atoms with E-state index in [9.17, 15) is 8.42 Å². The van der Waals surface area contributed by atoms with E-state index >= 15 is 0 Å². The van der Waals surface area contributed by atoms with Crippen LogP contribution >= 0.6 is 11.6 Å². The fraction of sp³-hybridized carbons (Fsp3) is 1.00. The minimum Gasteiger partial charge on any atom is -0.212 e. The van der Waals surface area contributed by atoms with E-state index in [1.807, 2.05) is 0 Å². The zero-order chi connectivity index (χ0) is 12.3. The summed E-state index contributed by atoms with van der Waals surface area (Å²) >= 11 is 5.66. The van der Waals surface area contributed by atoms with Gasteiger partial charge >= 0.3 is 0 Å². The van der Waals surface area contributed by atoms with Crippen molar-refractivity contribution in [2.24, 2.45) is 5.92 Å². The molecule has 0 bridgehead atoms. The van der Waals surface area contributed by atoms with Crippen molar-refractivity contribution in [1.82, 2.24) is 4.31 Å². The second-order valence-corrected chi connectivity index (χ2v) is 7.65. The molecule has 0 spiro atoms. The fourth-order valence-corrected chi connectivity index (χ4v) is 3.66. The molecule has 16 heavy (non-hydrogen) atoms. The van der Waals surface area contributed by atoms with Crippen molar-refractivity contribution in [3.63, 3.8) is 0 Å². The molecule has 1 aliphatic rings. The first-order chi connectivity index (χ1) is 7.39. The van der Waals surface area contributed by atoms with E-state index in [2.05, 4.69) is 13.8 Å². The quantitative estimate of drug-likeness (QED) is 0.665. The van der Waals surface area contributed by atoms with Gasteiger partial charge in [-0.1, -0.05) is 13.8 Å². The van der Waals surface area contributed by atoms with Gasteiger partial charge in [0.1, 0.15) is 0 Å². The summed E-state index contributed by atoms with van der Waals surface area (Å²) in [5.74, 6) is 0.704. The number of alkyl halides is 1. The van der Waals surface area contributed by atoms with Gasteiger partial charge in [-0.25, -0.2) is 8.42 Å². The molecule has 1 rings (SSSR count). The Labute approximate surface area is 104 Å². The maximum Gasteiger partial charge on any atom is 0.218 e. The Hall–Kier alpha value is 0.200. The SMILES string of the molecule is CC(C)CCN(C1CC1)S(=O)(=O)C(C)CCl. The maximum atomic E-state index is 12.2. The van der Waals surface area contributed by atoms with E-state index in [-0.39, 0.29) is 11.9 Å². The normalized spacial score (nSPS) is 19.4. The third-order valence-corrected chi connectivity index (χ3v) is 5.90. The molecule has 0 aromatic heterocycles. The Morgan fingerprint density at radius 1 is 1.31 bits per heavy atom. The van der Waals surface area contributed by atoms with Crippen molar-refractivity contribution < 1.29 is 8.42 Å². The molecular weight excluding hydrogens is 246 g/mol. The summed E-state index contributed by atoms with van der Waals surface area (Å²) in [5, 5.41) is -0.470. The van der Waals surface area contributed by atoms with Crippen molar-refractivity contribution in [3.8, 4) is 0 Å². The van der Waals surface area contributed by atoms with Crippen molar-refractivity contribution in [3.05, 3.63) is 0 Å². The molecule has 0 aromatic carbocycles. The van der Waals surface area contributed by atoms with Crippen molar-refractivity contribution in [1.29, 1.82) is 0 Å². The molecule has 0 N–H and O–H groups in total. The Bertz CT molecular complexity index is 312. The summed E-state index contributed by atoms with van der Waals surface area (Å²) in [5.41, 5.74) is 0. The predicted octanol–water partition coefficient (Wildman–Crippen LogP) is 2.45. The Balaban J connectivity index is 2.69. The van der Waals surface area contributed by atoms with Crippen molar-refractivity contribution >= 4 is 21.6 Å². The van der Waals surface area contributed by atoms with Gasteiger partial charge < -0.3 is 0 Å². The lowest BCUT2D eigenvalue weighted by Crippen LogP contribution is -2.40. The van der Waals surface area contributed by atoms with E-state index < -0.39 is 15.3 Å². The largest absolute Gasteiger partial charge is 0.218 e. The van der Waals surface area contributed by atoms with Gasteiger partial charge in [-0.3, -0.25) is 0 Å². The van der Waals surface area contributed by atoms with Gasteiger partial charge in [0.2, 0.25) is 10.0 Å². The third-order valence-electron chi connectivity index (χ3n) is 2.93. The van der Waals surface area contributed by atoms with Crippen LogP contribution in [-0.2, 0) is 10.0 Å². The smallest absolute Gasteiger partial charge is 0.212 e. The van der Waals surface area contributed by atoms with E-state index in [4.69, 9.17) is 11.6 Å². The molecule has 0 saturated heterocycles. The van der Waals surface area contributed by atoms with Gasteiger partial charge in [0.15, 0.2) is 0 Å². The highest BCUT2D eigenvalue weighted by atomic mass is 35.5. The molecule has 1 saturated carbocycles. The van der Waals surface area contributed by atoms with Crippen LogP contribution < -0.4 is 0 Å². The number of hydrogen-bond acceptors (Lipinski definition) is 2. The number of halogens is 1. The van der Waals surface area contributed by atoms with Crippen LogP contribution in [0.3, 0.4) is 0 Å². The lowest BCUT2D eigenvalue weighted by atomic mass is 10.1. The van der Waals surface area contributed by atoms with Gasteiger partial charge in [-0.2, -0.15) is 4.31 Å². The average Bonchev–Trinajstić information content (AvgIpc) is 3.00. The van der Waals surface area contributed by atoms with Crippen LogP contribution in [0.15, 0.2) is 0 Å². The molecule has 1 atom stereocenters. The molecule has 1 aliphatic carbocycles. The van der Waals surface area contributed by atoms with Gasteiger partial charge in [0, 0.05) is 18.5 Å². The van der Waals surface area contributed by atoms with Crippen LogP contribution in [0.4, 0.5) is 0 Å². The zero-order valence-electron chi connectivity index (χ0n) is 10.3. The van der Waals surface area contributed by atoms with Gasteiger partial charge in [0.05, 0.1) is 5.25 Å². The number of hydrogen-bond donors (Lipinski definition) is 0. The summed E-state index contributed by atoms with van der Waals surface area (Å²) in [6, 6.07) is 0.245. The molecule has 96 valence electrons. The van der Waals surface area contributed by atoms with Crippen LogP contribution in [0, 0.1) is 5.92 Å². The number of sulfonamides is 1. The summed E-state index contributed by atoms with van der Waals surface area (Å²) in [6.45, 7) is 6.56. The highest BCUT2D eigenvalue weighted by Crippen LogP contribution is 2.31. The predicted molar refractivity (Wildman–Crippen MR) is 68.3 cm³/mol. The second-order valence-electron chi connectivity index (χ2n) is 5.03. The van der Waals surface area contributed by atoms with Crippen LogP contribution in [0.2, 0.25) is 0 Å². The number of nitrogens with zero attached hydrogens (tertiary/aromatic N) is 1. The first-order valence-corrected chi connectivity index (χ1v) is 8.00. The standard InChI is InChI=1S/C11H22ClNO2S/c1-9(2)6-7-13(11-4-5-11)16(14,15)10(3)8-12/h9-11H,4-8H2,1-3H3. The van der Waals surface area contributed by atoms with E-state index in [1.54, 1.807) is 11.2 Å². The molecule has 0 amide bonds. The molecule has 1 fully saturated rings. The Kier molecular flexibility index (Phi) is 5.08. The second kappa shape index (κ2) is 5.69. The molecule has 0 aromatic rings. The first kappa shape index (κ1) is 14.3. The van der Waals surface area contributed by atoms with Crippen molar-refractivity contribution in [2.75, 3.05) is 12.4 Å². The Morgan fingerprint density at radius 3 is 2.25 bits per heavy atom. The van der Waals surface area contributed by atoms with Crippen LogP contribution in [-0.4, -0.2) is 36.4 Å². The van der Waals surface area contributed by atoms with Crippen LogP contribution in [0.5, 0.6) is 0 Å². The molecular formula is C11H22ClNO2S. The topological polar surface area (TPSA) is 37.4 Å². The van der Waals surface area contributed by atoms with E-state index in [0.29, 0.717) is 12.5 Å². The zero-order valence-corrected chi connectivity index (χ0v) is 11.9. The Morgan fingerprint density at radius 2 is 1.88 bits per heavy atom. The monoisotopic (exact) mass is 267 g/mol. The van der Waals surface area contributed by atoms with Crippen LogP contribution in [0.25, 0.3) is 0 Å². The third kappa shape index (κ3) is 3.60.